The number of carbonyl (C=O) groups excluding carboxylic acids is 1. The van der Waals surface area contributed by atoms with Crippen molar-refractivity contribution in [3.8, 4) is 0 Å². The maximum atomic E-state index is 10.7. The summed E-state index contributed by atoms with van der Waals surface area (Å²) in [6, 6.07) is 5.40. The minimum atomic E-state index is -0.522. The highest BCUT2D eigenvalue weighted by atomic mass is 79.9. The number of alkyl halides is 1. The highest BCUT2D eigenvalue weighted by molar-refractivity contribution is 9.10. The van der Waals surface area contributed by atoms with E-state index in [1.165, 1.54) is 0 Å². The molecule has 2 rings (SSSR count). The summed E-state index contributed by atoms with van der Waals surface area (Å²) in [4.78, 5) is 15.3. The van der Waals surface area contributed by atoms with Gasteiger partial charge in [0.2, 0.25) is 0 Å². The van der Waals surface area contributed by atoms with Gasteiger partial charge in [-0.25, -0.2) is 9.78 Å². The highest BCUT2D eigenvalue weighted by Crippen LogP contribution is 2.21. The number of carbonyl (C=O) groups is 1. The molecule has 1 heterocycles. The van der Waals surface area contributed by atoms with Crippen molar-refractivity contribution in [1.82, 2.24) is 14.9 Å². The fourth-order valence-corrected chi connectivity index (χ4v) is 2.49. The van der Waals surface area contributed by atoms with Gasteiger partial charge in [0.15, 0.2) is 0 Å². The Bertz CT molecular complexity index is 599. The minimum Gasteiger partial charge on any atom is -0.352 e. The lowest BCUT2D eigenvalue weighted by Gasteiger charge is -2.08. The molecule has 0 aliphatic rings. The molecule has 1 aromatic heterocycles. The van der Waals surface area contributed by atoms with E-state index in [4.69, 9.17) is 17.3 Å². The second-order valence-corrected chi connectivity index (χ2v) is 5.34. The zero-order valence-corrected chi connectivity index (χ0v) is 12.5. The number of nitrogens with zero attached hydrogens (tertiary/aromatic N) is 2. The number of benzene rings is 1. The maximum Gasteiger partial charge on any atom is 0.312 e. The van der Waals surface area contributed by atoms with Gasteiger partial charge in [0.25, 0.3) is 0 Å². The Balaban J connectivity index is 2.31. The number of rotatable bonds is 5. The lowest BCUT2D eigenvalue weighted by Crippen LogP contribution is -2.32. The summed E-state index contributed by atoms with van der Waals surface area (Å²) in [5, 5.41) is 2.58. The number of amides is 2. The van der Waals surface area contributed by atoms with Crippen LogP contribution in [0.25, 0.3) is 11.0 Å². The molecule has 0 aliphatic heterocycles. The molecule has 7 heteroatoms. The van der Waals surface area contributed by atoms with Crippen molar-refractivity contribution in [2.45, 2.75) is 13.0 Å². The molecule has 0 fully saturated rings. The Kier molecular flexibility index (Phi) is 4.66. The van der Waals surface area contributed by atoms with E-state index >= 15 is 0 Å². The van der Waals surface area contributed by atoms with Crippen molar-refractivity contribution in [3.05, 3.63) is 28.5 Å². The first-order valence-electron chi connectivity index (χ1n) is 5.85. The van der Waals surface area contributed by atoms with Crippen LogP contribution >= 0.6 is 27.5 Å². The lowest BCUT2D eigenvalue weighted by atomic mass is 10.3. The summed E-state index contributed by atoms with van der Waals surface area (Å²) in [6.07, 6.45) is 0.685. The molecule has 0 bridgehead atoms. The number of fused-ring (bicyclic) bond motifs is 1. The van der Waals surface area contributed by atoms with Gasteiger partial charge >= 0.3 is 6.03 Å². The van der Waals surface area contributed by atoms with E-state index in [2.05, 4.69) is 30.8 Å². The summed E-state index contributed by atoms with van der Waals surface area (Å²) in [5.41, 5.74) is 6.99. The maximum absolute atomic E-state index is 10.7. The van der Waals surface area contributed by atoms with E-state index in [1.54, 1.807) is 0 Å². The molecule has 0 unspecified atom stereocenters. The number of nitrogens with two attached hydrogens (primary N) is 1. The summed E-state index contributed by atoms with van der Waals surface area (Å²) >= 11 is 9.23. The largest absolute Gasteiger partial charge is 0.352 e. The van der Waals surface area contributed by atoms with Gasteiger partial charge in [0, 0.05) is 29.9 Å². The van der Waals surface area contributed by atoms with Gasteiger partial charge in [-0.3, -0.25) is 0 Å². The number of urea groups is 1. The number of halogens is 2. The van der Waals surface area contributed by atoms with Crippen LogP contribution in [0.1, 0.15) is 5.82 Å². The third-order valence-electron chi connectivity index (χ3n) is 2.74. The molecule has 0 saturated heterocycles. The summed E-state index contributed by atoms with van der Waals surface area (Å²) in [6.45, 7) is 1.08. The smallest absolute Gasteiger partial charge is 0.312 e. The Labute approximate surface area is 124 Å². The molecule has 0 aliphatic carbocycles. The number of hydrogen-bond donors (Lipinski definition) is 2. The van der Waals surface area contributed by atoms with Crippen molar-refractivity contribution < 1.29 is 4.79 Å². The number of hydrogen-bond acceptors (Lipinski definition) is 2. The molecule has 2 aromatic rings. The molecule has 5 nitrogen and oxygen atoms in total. The second kappa shape index (κ2) is 6.25. The third kappa shape index (κ3) is 3.39. The standard InChI is InChI=1S/C12H14BrClN4O/c13-8-1-2-10-9(7-8)17-11(3-4-14)18(10)6-5-16-12(15)19/h1-2,7H,3-6H2,(H3,15,16,19). The first-order valence-corrected chi connectivity index (χ1v) is 7.18. The van der Waals surface area contributed by atoms with Crippen molar-refractivity contribution in [2.75, 3.05) is 12.4 Å². The van der Waals surface area contributed by atoms with Crippen LogP contribution in [0.5, 0.6) is 0 Å². The second-order valence-electron chi connectivity index (χ2n) is 4.04. The van der Waals surface area contributed by atoms with Gasteiger partial charge in [-0.2, -0.15) is 0 Å². The monoisotopic (exact) mass is 344 g/mol. The summed E-state index contributed by atoms with van der Waals surface area (Å²) in [7, 11) is 0. The molecule has 0 spiro atoms. The molecule has 2 amide bonds. The Morgan fingerprint density at radius 2 is 2.32 bits per heavy atom. The average molecular weight is 346 g/mol. The van der Waals surface area contributed by atoms with Crippen LogP contribution in [0.4, 0.5) is 4.79 Å². The van der Waals surface area contributed by atoms with E-state index < -0.39 is 6.03 Å². The van der Waals surface area contributed by atoms with Crippen molar-refractivity contribution >= 4 is 44.6 Å². The van der Waals surface area contributed by atoms with Gasteiger partial charge < -0.3 is 15.6 Å². The lowest BCUT2D eigenvalue weighted by molar-refractivity contribution is 0.248. The fourth-order valence-electron chi connectivity index (χ4n) is 1.97. The van der Waals surface area contributed by atoms with E-state index in [-0.39, 0.29) is 0 Å². The first-order chi connectivity index (χ1) is 9.11. The van der Waals surface area contributed by atoms with Crippen molar-refractivity contribution in [1.29, 1.82) is 0 Å². The third-order valence-corrected chi connectivity index (χ3v) is 3.42. The average Bonchev–Trinajstić information content (AvgIpc) is 2.66. The van der Waals surface area contributed by atoms with E-state index in [0.29, 0.717) is 25.4 Å². The van der Waals surface area contributed by atoms with E-state index in [1.807, 2.05) is 18.2 Å². The van der Waals surface area contributed by atoms with E-state index in [9.17, 15) is 4.79 Å². The van der Waals surface area contributed by atoms with Crippen LogP contribution < -0.4 is 11.1 Å². The van der Waals surface area contributed by atoms with Crippen LogP contribution in [-0.4, -0.2) is 28.0 Å². The van der Waals surface area contributed by atoms with Gasteiger partial charge in [-0.1, -0.05) is 15.9 Å². The quantitative estimate of drug-likeness (QED) is 0.816. The molecule has 0 radical (unpaired) electrons. The number of nitrogens with one attached hydrogen (secondary N) is 1. The number of aryl methyl sites for hydroxylation is 1. The summed E-state index contributed by atoms with van der Waals surface area (Å²) in [5.74, 6) is 1.42. The van der Waals surface area contributed by atoms with Crippen LogP contribution in [0, 0.1) is 0 Å². The molecule has 102 valence electrons. The molecule has 1 aromatic carbocycles. The Hall–Kier alpha value is -1.27. The number of imidazole rings is 1. The first kappa shape index (κ1) is 14.1. The van der Waals surface area contributed by atoms with Crippen LogP contribution in [0.3, 0.4) is 0 Å². The SMILES string of the molecule is NC(=O)NCCn1c(CCCl)nc2cc(Br)ccc21. The van der Waals surface area contributed by atoms with Crippen molar-refractivity contribution in [3.63, 3.8) is 0 Å². The normalized spacial score (nSPS) is 10.8. The molecule has 19 heavy (non-hydrogen) atoms. The zero-order valence-electron chi connectivity index (χ0n) is 10.2. The van der Waals surface area contributed by atoms with Gasteiger partial charge in [-0.15, -0.1) is 11.6 Å². The van der Waals surface area contributed by atoms with Crippen LogP contribution in [0.2, 0.25) is 0 Å². The summed E-state index contributed by atoms with van der Waals surface area (Å²) < 4.78 is 3.04. The Morgan fingerprint density at radius 3 is 3.00 bits per heavy atom. The minimum absolute atomic E-state index is 0.464. The zero-order chi connectivity index (χ0) is 13.8. The fraction of sp³-hybridized carbons (Fsp3) is 0.333. The predicted octanol–water partition coefficient (Wildman–Crippen LogP) is 2.25. The van der Waals surface area contributed by atoms with Gasteiger partial charge in [-0.05, 0) is 18.2 Å². The molecule has 0 saturated carbocycles. The highest BCUT2D eigenvalue weighted by Gasteiger charge is 2.10. The predicted molar refractivity (Wildman–Crippen MR) is 79.4 cm³/mol. The number of aromatic nitrogens is 2. The van der Waals surface area contributed by atoms with E-state index in [0.717, 1.165) is 21.3 Å². The topological polar surface area (TPSA) is 72.9 Å². The van der Waals surface area contributed by atoms with Gasteiger partial charge in [0.1, 0.15) is 5.82 Å². The molecular formula is C12H14BrClN4O. The van der Waals surface area contributed by atoms with Crippen LogP contribution in [-0.2, 0) is 13.0 Å². The van der Waals surface area contributed by atoms with Crippen molar-refractivity contribution in [2.24, 2.45) is 5.73 Å². The molecule has 3 N–H and O–H groups in total. The Morgan fingerprint density at radius 1 is 1.53 bits per heavy atom. The van der Waals surface area contributed by atoms with Gasteiger partial charge in [0.05, 0.1) is 11.0 Å². The molecular weight excluding hydrogens is 332 g/mol. The van der Waals surface area contributed by atoms with Crippen LogP contribution in [0.15, 0.2) is 22.7 Å². The number of primary amides is 1. The molecule has 0 atom stereocenters.